The predicted octanol–water partition coefficient (Wildman–Crippen LogP) is 0.954. The second-order valence-corrected chi connectivity index (χ2v) is 4.44. The van der Waals surface area contributed by atoms with E-state index in [9.17, 15) is 0 Å². The van der Waals surface area contributed by atoms with Crippen LogP contribution >= 0.6 is 0 Å². The molecule has 1 atom stereocenters. The lowest BCUT2D eigenvalue weighted by Gasteiger charge is -2.11. The van der Waals surface area contributed by atoms with Gasteiger partial charge >= 0.3 is 0 Å². The molecule has 1 aliphatic rings. The lowest BCUT2D eigenvalue weighted by molar-refractivity contribution is 0.185. The van der Waals surface area contributed by atoms with E-state index < -0.39 is 0 Å². The summed E-state index contributed by atoms with van der Waals surface area (Å²) in [5.74, 6) is 0.767. The number of rotatable bonds is 7. The van der Waals surface area contributed by atoms with E-state index in [1.807, 2.05) is 0 Å². The Morgan fingerprint density at radius 1 is 1.36 bits per heavy atom. The Labute approximate surface area is 87.8 Å². The van der Waals surface area contributed by atoms with Crippen molar-refractivity contribution in [2.45, 2.75) is 19.3 Å². The number of nitrogens with zero attached hydrogens (tertiary/aromatic N) is 1. The molecule has 0 spiro atoms. The third kappa shape index (κ3) is 5.58. The number of hydrogen-bond donors (Lipinski definition) is 1. The first-order chi connectivity index (χ1) is 6.79. The van der Waals surface area contributed by atoms with E-state index in [2.05, 4.69) is 24.3 Å². The zero-order chi connectivity index (χ0) is 10.2. The summed E-state index contributed by atoms with van der Waals surface area (Å²) in [6.07, 6.45) is 3.82. The second-order valence-electron chi connectivity index (χ2n) is 4.44. The molecule has 14 heavy (non-hydrogen) atoms. The molecule has 1 unspecified atom stereocenters. The first-order valence-electron chi connectivity index (χ1n) is 5.72. The molecular weight excluding hydrogens is 176 g/mol. The van der Waals surface area contributed by atoms with E-state index in [4.69, 9.17) is 4.74 Å². The highest BCUT2D eigenvalue weighted by atomic mass is 16.5. The number of nitrogens with one attached hydrogen (secondary N) is 1. The maximum absolute atomic E-state index is 5.32. The number of unbranched alkanes of at least 4 members (excludes halogenated alkanes) is 1. The molecule has 0 aromatic heterocycles. The van der Waals surface area contributed by atoms with Crippen LogP contribution in [0.25, 0.3) is 0 Å². The van der Waals surface area contributed by atoms with Crippen LogP contribution in [0.15, 0.2) is 0 Å². The van der Waals surface area contributed by atoms with Crippen LogP contribution in [0.5, 0.6) is 0 Å². The molecule has 0 amide bonds. The summed E-state index contributed by atoms with van der Waals surface area (Å²) in [6.45, 7) is 5.43. The van der Waals surface area contributed by atoms with Crippen LogP contribution < -0.4 is 5.32 Å². The Morgan fingerprint density at radius 3 is 2.86 bits per heavy atom. The third-order valence-electron chi connectivity index (χ3n) is 2.67. The topological polar surface area (TPSA) is 24.5 Å². The van der Waals surface area contributed by atoms with E-state index in [0.29, 0.717) is 0 Å². The van der Waals surface area contributed by atoms with Gasteiger partial charge in [0.2, 0.25) is 0 Å². The molecule has 0 saturated carbocycles. The Morgan fingerprint density at radius 2 is 2.21 bits per heavy atom. The fourth-order valence-corrected chi connectivity index (χ4v) is 1.73. The maximum Gasteiger partial charge on any atom is 0.0507 e. The van der Waals surface area contributed by atoms with Gasteiger partial charge < -0.3 is 15.0 Å². The van der Waals surface area contributed by atoms with Gasteiger partial charge in [0.1, 0.15) is 0 Å². The highest BCUT2D eigenvalue weighted by molar-refractivity contribution is 4.66. The van der Waals surface area contributed by atoms with Gasteiger partial charge in [0.05, 0.1) is 6.61 Å². The Kier molecular flexibility index (Phi) is 6.15. The average Bonchev–Trinajstić information content (AvgIpc) is 2.63. The zero-order valence-electron chi connectivity index (χ0n) is 9.59. The predicted molar refractivity (Wildman–Crippen MR) is 59.6 cm³/mol. The molecule has 1 aliphatic heterocycles. The molecule has 1 fully saturated rings. The molecule has 1 saturated heterocycles. The van der Waals surface area contributed by atoms with Crippen molar-refractivity contribution < 1.29 is 4.74 Å². The molecule has 0 radical (unpaired) electrons. The lowest BCUT2D eigenvalue weighted by atomic mass is 10.1. The second kappa shape index (κ2) is 7.21. The standard InChI is InChI=1S/C11H24N2O/c1-13(2)7-4-3-6-12-9-11-5-8-14-10-11/h11-12H,3-10H2,1-2H3. The van der Waals surface area contributed by atoms with Crippen molar-refractivity contribution in [3.63, 3.8) is 0 Å². The van der Waals surface area contributed by atoms with E-state index in [1.54, 1.807) is 0 Å². The average molecular weight is 200 g/mol. The van der Waals surface area contributed by atoms with Crippen LogP contribution in [0.1, 0.15) is 19.3 Å². The minimum atomic E-state index is 0.767. The van der Waals surface area contributed by atoms with Gasteiger partial charge in [-0.3, -0.25) is 0 Å². The largest absolute Gasteiger partial charge is 0.381 e. The van der Waals surface area contributed by atoms with E-state index >= 15 is 0 Å². The molecule has 0 bridgehead atoms. The van der Waals surface area contributed by atoms with E-state index in [-0.39, 0.29) is 0 Å². The van der Waals surface area contributed by atoms with Crippen molar-refractivity contribution in [1.29, 1.82) is 0 Å². The van der Waals surface area contributed by atoms with Crippen LogP contribution in [0, 0.1) is 5.92 Å². The highest BCUT2D eigenvalue weighted by Crippen LogP contribution is 2.10. The normalized spacial score (nSPS) is 22.1. The fourth-order valence-electron chi connectivity index (χ4n) is 1.73. The van der Waals surface area contributed by atoms with Gasteiger partial charge in [-0.25, -0.2) is 0 Å². The first-order valence-corrected chi connectivity index (χ1v) is 5.72. The lowest BCUT2D eigenvalue weighted by Crippen LogP contribution is -2.24. The van der Waals surface area contributed by atoms with E-state index in [0.717, 1.165) is 32.2 Å². The number of hydrogen-bond acceptors (Lipinski definition) is 3. The molecule has 1 N–H and O–H groups in total. The summed E-state index contributed by atoms with van der Waals surface area (Å²) < 4.78 is 5.32. The molecule has 0 aromatic rings. The molecule has 3 nitrogen and oxygen atoms in total. The van der Waals surface area contributed by atoms with Gasteiger partial charge in [0.15, 0.2) is 0 Å². The van der Waals surface area contributed by atoms with Crippen molar-refractivity contribution in [2.24, 2.45) is 5.92 Å². The minimum Gasteiger partial charge on any atom is -0.381 e. The molecule has 3 heteroatoms. The SMILES string of the molecule is CN(C)CCCCNCC1CCOC1. The smallest absolute Gasteiger partial charge is 0.0507 e. The quantitative estimate of drug-likeness (QED) is 0.619. The summed E-state index contributed by atoms with van der Waals surface area (Å²) in [7, 11) is 4.26. The van der Waals surface area contributed by atoms with Crippen molar-refractivity contribution in [3.8, 4) is 0 Å². The van der Waals surface area contributed by atoms with Crippen molar-refractivity contribution in [1.82, 2.24) is 10.2 Å². The summed E-state index contributed by atoms with van der Waals surface area (Å²) in [6, 6.07) is 0. The monoisotopic (exact) mass is 200 g/mol. The number of ether oxygens (including phenoxy) is 1. The van der Waals surface area contributed by atoms with Gasteiger partial charge in [-0.05, 0) is 52.4 Å². The van der Waals surface area contributed by atoms with Gasteiger partial charge in [-0.1, -0.05) is 0 Å². The Balaban J connectivity index is 1.79. The van der Waals surface area contributed by atoms with Crippen molar-refractivity contribution >= 4 is 0 Å². The molecule has 0 aromatic carbocycles. The molecule has 1 rings (SSSR count). The third-order valence-corrected chi connectivity index (χ3v) is 2.67. The zero-order valence-corrected chi connectivity index (χ0v) is 9.59. The van der Waals surface area contributed by atoms with Crippen LogP contribution in [-0.2, 0) is 4.74 Å². The summed E-state index contributed by atoms with van der Waals surface area (Å²) >= 11 is 0. The van der Waals surface area contributed by atoms with Crippen molar-refractivity contribution in [2.75, 3.05) is 46.9 Å². The molecule has 1 heterocycles. The maximum atomic E-state index is 5.32. The summed E-state index contributed by atoms with van der Waals surface area (Å²) in [5, 5.41) is 3.50. The Hall–Kier alpha value is -0.120. The minimum absolute atomic E-state index is 0.767. The van der Waals surface area contributed by atoms with Crippen molar-refractivity contribution in [3.05, 3.63) is 0 Å². The van der Waals surface area contributed by atoms with Crippen LogP contribution in [0.2, 0.25) is 0 Å². The molecule has 84 valence electrons. The first kappa shape index (κ1) is 12.0. The van der Waals surface area contributed by atoms with Gasteiger partial charge in [0, 0.05) is 13.2 Å². The van der Waals surface area contributed by atoms with Crippen LogP contribution in [-0.4, -0.2) is 51.8 Å². The summed E-state index contributed by atoms with van der Waals surface area (Å²) in [5.41, 5.74) is 0. The van der Waals surface area contributed by atoms with Gasteiger partial charge in [-0.2, -0.15) is 0 Å². The van der Waals surface area contributed by atoms with Crippen LogP contribution in [0.4, 0.5) is 0 Å². The van der Waals surface area contributed by atoms with Crippen LogP contribution in [0.3, 0.4) is 0 Å². The fraction of sp³-hybridized carbons (Fsp3) is 1.00. The molecule has 0 aliphatic carbocycles. The highest BCUT2D eigenvalue weighted by Gasteiger charge is 2.14. The van der Waals surface area contributed by atoms with Gasteiger partial charge in [-0.15, -0.1) is 0 Å². The van der Waals surface area contributed by atoms with Gasteiger partial charge in [0.25, 0.3) is 0 Å². The summed E-state index contributed by atoms with van der Waals surface area (Å²) in [4.78, 5) is 2.24. The Bertz CT molecular complexity index is 133. The van der Waals surface area contributed by atoms with E-state index in [1.165, 1.54) is 25.8 Å². The molecular formula is C11H24N2O.